The van der Waals surface area contributed by atoms with Crippen LogP contribution in [0.4, 0.5) is 10.6 Å². The molecule has 0 saturated carbocycles. The smallest absolute Gasteiger partial charge is 0.410 e. The molecule has 1 saturated heterocycles. The van der Waals surface area contributed by atoms with Crippen molar-refractivity contribution in [1.29, 1.82) is 0 Å². The van der Waals surface area contributed by atoms with E-state index < -0.39 is 5.60 Å². The van der Waals surface area contributed by atoms with Crippen LogP contribution in [-0.2, 0) is 17.6 Å². The number of anilines is 1. The maximum absolute atomic E-state index is 12.5. The Morgan fingerprint density at radius 3 is 2.76 bits per heavy atom. The second-order valence-corrected chi connectivity index (χ2v) is 10.6. The lowest BCUT2D eigenvalue weighted by atomic mass is 9.89. The van der Waals surface area contributed by atoms with Crippen molar-refractivity contribution >= 4 is 45.1 Å². The monoisotopic (exact) mass is 436 g/mol. The van der Waals surface area contributed by atoms with Crippen molar-refractivity contribution in [1.82, 2.24) is 14.9 Å². The maximum atomic E-state index is 12.5. The Kier molecular flexibility index (Phi) is 5.64. The molecule has 4 rings (SSSR count). The minimum Gasteiger partial charge on any atom is -0.444 e. The van der Waals surface area contributed by atoms with Gasteiger partial charge in [-0.1, -0.05) is 6.92 Å². The lowest BCUT2D eigenvalue weighted by molar-refractivity contribution is 0.0263. The van der Waals surface area contributed by atoms with Gasteiger partial charge in [0.1, 0.15) is 16.2 Å². The summed E-state index contributed by atoms with van der Waals surface area (Å²) < 4.78 is 5.56. The van der Waals surface area contributed by atoms with Gasteiger partial charge in [0.15, 0.2) is 0 Å². The summed E-state index contributed by atoms with van der Waals surface area (Å²) in [5.41, 5.74) is 0.922. The molecule has 1 unspecified atom stereocenters. The van der Waals surface area contributed by atoms with E-state index in [0.29, 0.717) is 30.8 Å². The number of halogens is 1. The van der Waals surface area contributed by atoms with Crippen molar-refractivity contribution in [3.63, 3.8) is 0 Å². The Labute approximate surface area is 181 Å². The second kappa shape index (κ2) is 7.91. The van der Waals surface area contributed by atoms with Crippen molar-refractivity contribution in [3.8, 4) is 0 Å². The molecule has 2 aromatic heterocycles. The first-order valence-corrected chi connectivity index (χ1v) is 11.6. The molecule has 0 aromatic carbocycles. The van der Waals surface area contributed by atoms with Gasteiger partial charge in [0, 0.05) is 31.1 Å². The van der Waals surface area contributed by atoms with Gasteiger partial charge >= 0.3 is 6.09 Å². The van der Waals surface area contributed by atoms with Crippen molar-refractivity contribution < 1.29 is 9.53 Å². The molecule has 158 valence electrons. The van der Waals surface area contributed by atoms with Gasteiger partial charge in [0.2, 0.25) is 5.28 Å². The number of hydrogen-bond donors (Lipinski definition) is 0. The van der Waals surface area contributed by atoms with Gasteiger partial charge in [-0.05, 0) is 69.5 Å². The highest BCUT2D eigenvalue weighted by Crippen LogP contribution is 2.41. The summed E-state index contributed by atoms with van der Waals surface area (Å²) in [7, 11) is 0. The minimum atomic E-state index is -0.484. The van der Waals surface area contributed by atoms with Crippen LogP contribution in [-0.4, -0.2) is 52.7 Å². The highest BCUT2D eigenvalue weighted by atomic mass is 35.5. The fraction of sp³-hybridized carbons (Fsp3) is 0.667. The van der Waals surface area contributed by atoms with Gasteiger partial charge in [-0.25, -0.2) is 9.78 Å². The number of hydrogen-bond acceptors (Lipinski definition) is 6. The minimum absolute atomic E-state index is 0.243. The van der Waals surface area contributed by atoms with Gasteiger partial charge < -0.3 is 14.5 Å². The van der Waals surface area contributed by atoms with Crippen molar-refractivity contribution in [3.05, 3.63) is 15.7 Å². The quantitative estimate of drug-likeness (QED) is 0.594. The van der Waals surface area contributed by atoms with Crippen LogP contribution >= 0.6 is 22.9 Å². The summed E-state index contributed by atoms with van der Waals surface area (Å²) in [4.78, 5) is 28.2. The number of carbonyl (C=O) groups is 1. The van der Waals surface area contributed by atoms with E-state index in [-0.39, 0.29) is 6.09 Å². The van der Waals surface area contributed by atoms with Crippen LogP contribution < -0.4 is 4.90 Å². The van der Waals surface area contributed by atoms with E-state index in [4.69, 9.17) is 16.3 Å². The van der Waals surface area contributed by atoms with E-state index in [9.17, 15) is 4.79 Å². The summed E-state index contributed by atoms with van der Waals surface area (Å²) in [6.45, 7) is 10.9. The first-order valence-electron chi connectivity index (χ1n) is 10.4. The summed E-state index contributed by atoms with van der Waals surface area (Å²) in [6, 6.07) is 0. The lowest BCUT2D eigenvalue weighted by Crippen LogP contribution is -2.39. The van der Waals surface area contributed by atoms with E-state index in [1.807, 2.05) is 20.8 Å². The summed E-state index contributed by atoms with van der Waals surface area (Å²) >= 11 is 8.07. The molecule has 2 aliphatic rings. The molecule has 8 heteroatoms. The first kappa shape index (κ1) is 20.7. The number of carbonyl (C=O) groups excluding carboxylic acids is 1. The Morgan fingerprint density at radius 2 is 2.00 bits per heavy atom. The SMILES string of the molecule is CC1CCc2c(sc3nc(Cl)nc(N4CCCN(C(=O)OC(C)(C)C)CC4)c23)C1. The van der Waals surface area contributed by atoms with Crippen LogP contribution in [0.15, 0.2) is 0 Å². The molecule has 0 spiro atoms. The van der Waals surface area contributed by atoms with E-state index in [0.717, 1.165) is 36.5 Å². The van der Waals surface area contributed by atoms with E-state index in [1.165, 1.54) is 22.2 Å². The van der Waals surface area contributed by atoms with Crippen molar-refractivity contribution in [2.45, 2.75) is 59.0 Å². The molecule has 2 aromatic rings. The Bertz CT molecular complexity index is 924. The second-order valence-electron chi connectivity index (χ2n) is 9.16. The number of rotatable bonds is 1. The number of amides is 1. The number of aryl methyl sites for hydroxylation is 1. The molecular weight excluding hydrogens is 408 g/mol. The van der Waals surface area contributed by atoms with Crippen LogP contribution in [0, 0.1) is 5.92 Å². The van der Waals surface area contributed by atoms with Gasteiger partial charge in [-0.2, -0.15) is 4.98 Å². The molecule has 29 heavy (non-hydrogen) atoms. The number of thiophene rings is 1. The topological polar surface area (TPSA) is 58.6 Å². The molecule has 1 fully saturated rings. The van der Waals surface area contributed by atoms with Gasteiger partial charge in [-0.3, -0.25) is 0 Å². The fourth-order valence-electron chi connectivity index (χ4n) is 4.16. The number of nitrogens with zero attached hydrogens (tertiary/aromatic N) is 4. The zero-order valence-corrected chi connectivity index (χ0v) is 19.2. The summed E-state index contributed by atoms with van der Waals surface area (Å²) in [6.07, 6.45) is 4.01. The highest BCUT2D eigenvalue weighted by molar-refractivity contribution is 7.19. The molecule has 6 nitrogen and oxygen atoms in total. The van der Waals surface area contributed by atoms with E-state index in [1.54, 1.807) is 16.2 Å². The number of ether oxygens (including phenoxy) is 1. The zero-order valence-electron chi connectivity index (χ0n) is 17.6. The molecular formula is C21H29ClN4O2S. The molecule has 1 aliphatic heterocycles. The average molecular weight is 437 g/mol. The van der Waals surface area contributed by atoms with Crippen molar-refractivity contribution in [2.24, 2.45) is 5.92 Å². The van der Waals surface area contributed by atoms with E-state index >= 15 is 0 Å². The third-order valence-corrected chi connectivity index (χ3v) is 6.87. The molecule has 0 bridgehead atoms. The predicted molar refractivity (Wildman–Crippen MR) is 118 cm³/mol. The highest BCUT2D eigenvalue weighted by Gasteiger charge is 2.28. The third-order valence-electron chi connectivity index (χ3n) is 5.56. The Balaban J connectivity index is 1.61. The van der Waals surface area contributed by atoms with Crippen LogP contribution in [0.1, 0.15) is 51.0 Å². The number of fused-ring (bicyclic) bond motifs is 3. The molecule has 1 amide bonds. The average Bonchev–Trinajstić information content (AvgIpc) is 2.81. The van der Waals surface area contributed by atoms with Gasteiger partial charge in [-0.15, -0.1) is 11.3 Å². The third kappa shape index (κ3) is 4.45. The van der Waals surface area contributed by atoms with Crippen LogP contribution in [0.2, 0.25) is 5.28 Å². The zero-order chi connectivity index (χ0) is 20.8. The number of aromatic nitrogens is 2. The first-order chi connectivity index (χ1) is 13.7. The molecule has 0 radical (unpaired) electrons. The standard InChI is InChI=1S/C21H29ClN4O2S/c1-13-6-7-14-15(12-13)29-18-16(14)17(23-19(22)24-18)25-8-5-9-26(11-10-25)20(27)28-21(2,3)4/h13H,5-12H2,1-4H3. The Hall–Kier alpha value is -1.60. The summed E-state index contributed by atoms with van der Waals surface area (Å²) in [5, 5.41) is 1.47. The van der Waals surface area contributed by atoms with Crippen molar-refractivity contribution in [2.75, 3.05) is 31.1 Å². The van der Waals surface area contributed by atoms with Gasteiger partial charge in [0.25, 0.3) is 0 Å². The molecule has 0 N–H and O–H groups in total. The van der Waals surface area contributed by atoms with Crippen LogP contribution in [0.3, 0.4) is 0 Å². The molecule has 1 aliphatic carbocycles. The fourth-order valence-corrected chi connectivity index (χ4v) is 5.76. The Morgan fingerprint density at radius 1 is 1.21 bits per heavy atom. The molecule has 1 atom stereocenters. The summed E-state index contributed by atoms with van der Waals surface area (Å²) in [5.74, 6) is 1.64. The van der Waals surface area contributed by atoms with E-state index in [2.05, 4.69) is 21.8 Å². The van der Waals surface area contributed by atoms with Crippen LogP contribution in [0.25, 0.3) is 10.2 Å². The van der Waals surface area contributed by atoms with Gasteiger partial charge in [0.05, 0.1) is 5.39 Å². The largest absolute Gasteiger partial charge is 0.444 e. The maximum Gasteiger partial charge on any atom is 0.410 e. The molecule has 3 heterocycles. The van der Waals surface area contributed by atoms with Crippen LogP contribution in [0.5, 0.6) is 0 Å². The normalized spacial score (nSPS) is 20.5. The predicted octanol–water partition coefficient (Wildman–Crippen LogP) is 4.92. The lowest BCUT2D eigenvalue weighted by Gasteiger charge is -2.27.